The first-order chi connectivity index (χ1) is 14.2. The lowest BCUT2D eigenvalue weighted by Gasteiger charge is -2.51. The van der Waals surface area contributed by atoms with Crippen LogP contribution in [0.15, 0.2) is 65.8 Å². The second kappa shape index (κ2) is 8.40. The van der Waals surface area contributed by atoms with Gasteiger partial charge in [-0.25, -0.2) is 4.79 Å². The van der Waals surface area contributed by atoms with Crippen molar-refractivity contribution in [1.82, 2.24) is 5.01 Å². The van der Waals surface area contributed by atoms with Crippen molar-refractivity contribution in [2.75, 3.05) is 14.2 Å². The second-order valence-electron chi connectivity index (χ2n) is 8.20. The van der Waals surface area contributed by atoms with Crippen molar-refractivity contribution in [2.24, 2.45) is 16.9 Å². The molecule has 1 heterocycles. The molecule has 4 nitrogen and oxygen atoms in total. The highest BCUT2D eigenvalue weighted by molar-refractivity contribution is 6.03. The van der Waals surface area contributed by atoms with Crippen LogP contribution in [0.4, 0.5) is 0 Å². The third-order valence-corrected chi connectivity index (χ3v) is 6.70. The third-order valence-electron chi connectivity index (χ3n) is 6.70. The average molecular weight is 391 g/mol. The molecule has 2 aliphatic rings. The number of nitrogens with zero attached hydrogens (tertiary/aromatic N) is 2. The Bertz CT molecular complexity index is 865. The van der Waals surface area contributed by atoms with Crippen LogP contribution in [0.5, 0.6) is 0 Å². The van der Waals surface area contributed by atoms with Crippen LogP contribution in [0, 0.1) is 11.8 Å². The zero-order chi connectivity index (χ0) is 20.3. The predicted molar refractivity (Wildman–Crippen MR) is 116 cm³/mol. The molecule has 1 aliphatic heterocycles. The topological polar surface area (TPSA) is 41.9 Å². The van der Waals surface area contributed by atoms with Crippen LogP contribution >= 0.6 is 0 Å². The van der Waals surface area contributed by atoms with Gasteiger partial charge in [-0.2, -0.15) is 5.10 Å². The van der Waals surface area contributed by atoms with Gasteiger partial charge in [-0.1, -0.05) is 86.3 Å². The summed E-state index contributed by atoms with van der Waals surface area (Å²) in [7, 11) is 3.43. The molecular weight excluding hydrogens is 360 g/mol. The molecule has 0 aromatic heterocycles. The van der Waals surface area contributed by atoms with E-state index in [1.54, 1.807) is 0 Å². The predicted octanol–water partition coefficient (Wildman–Crippen LogP) is 4.99. The summed E-state index contributed by atoms with van der Waals surface area (Å²) in [5.74, 6) is 0.140. The van der Waals surface area contributed by atoms with Gasteiger partial charge in [-0.05, 0) is 24.0 Å². The van der Waals surface area contributed by atoms with Crippen molar-refractivity contribution >= 4 is 11.7 Å². The Morgan fingerprint density at radius 1 is 0.966 bits per heavy atom. The first-order valence-corrected chi connectivity index (χ1v) is 10.7. The van der Waals surface area contributed by atoms with Crippen LogP contribution in [0.25, 0.3) is 0 Å². The summed E-state index contributed by atoms with van der Waals surface area (Å²) in [5.41, 5.74) is 2.34. The molecule has 0 saturated heterocycles. The Hall–Kier alpha value is -2.62. The van der Waals surface area contributed by atoms with E-state index >= 15 is 0 Å². The van der Waals surface area contributed by atoms with Crippen molar-refractivity contribution in [3.63, 3.8) is 0 Å². The summed E-state index contributed by atoms with van der Waals surface area (Å²) in [5, 5.41) is 6.95. The Kier molecular flexibility index (Phi) is 5.70. The summed E-state index contributed by atoms with van der Waals surface area (Å²) < 4.78 is 5.43. The van der Waals surface area contributed by atoms with Crippen molar-refractivity contribution in [3.05, 3.63) is 71.8 Å². The van der Waals surface area contributed by atoms with Gasteiger partial charge >= 0.3 is 5.97 Å². The molecule has 4 heteroatoms. The summed E-state index contributed by atoms with van der Waals surface area (Å²) in [6.45, 7) is 0. The fourth-order valence-electron chi connectivity index (χ4n) is 5.40. The van der Waals surface area contributed by atoms with Crippen LogP contribution in [0.3, 0.4) is 0 Å². The van der Waals surface area contributed by atoms with E-state index in [9.17, 15) is 4.79 Å². The van der Waals surface area contributed by atoms with E-state index in [4.69, 9.17) is 9.84 Å². The molecule has 1 aliphatic carbocycles. The number of esters is 1. The Morgan fingerprint density at radius 2 is 1.59 bits per heavy atom. The second-order valence-corrected chi connectivity index (χ2v) is 8.20. The maximum atomic E-state index is 13.5. The van der Waals surface area contributed by atoms with E-state index in [1.807, 2.05) is 48.5 Å². The number of benzene rings is 2. The van der Waals surface area contributed by atoms with Crippen molar-refractivity contribution < 1.29 is 9.53 Å². The quantitative estimate of drug-likeness (QED) is 0.693. The number of rotatable bonds is 3. The summed E-state index contributed by atoms with van der Waals surface area (Å²) in [6, 6.07) is 20.5. The lowest BCUT2D eigenvalue weighted by Crippen LogP contribution is -2.60. The van der Waals surface area contributed by atoms with Crippen molar-refractivity contribution in [2.45, 2.75) is 44.1 Å². The van der Waals surface area contributed by atoms with E-state index in [2.05, 4.69) is 24.3 Å². The molecule has 0 radical (unpaired) electrons. The number of likely N-dealkylation sites (N-methyl/N-ethyl adjacent to an activating group) is 1. The lowest BCUT2D eigenvalue weighted by molar-refractivity contribution is -0.163. The standard InChI is InChI=1S/C25H30N2O2/c1-27-25(24(28)29-2,20-15-9-6-10-16-20)22-18-12-4-3-11-17-21(22)23(26-27)19-13-7-5-8-14-19/h5-10,13-16,21-22H,3-4,11-12,17-18H2,1-2H3/t21-,22-,25+/m1/s1. The van der Waals surface area contributed by atoms with Crippen LogP contribution < -0.4 is 0 Å². The number of hydrazone groups is 1. The van der Waals surface area contributed by atoms with Gasteiger partial charge in [0, 0.05) is 18.9 Å². The maximum absolute atomic E-state index is 13.5. The SMILES string of the molecule is COC(=O)[C@]1(c2ccccc2)[C@@H]2CCCCCC[C@H]2C(c2ccccc2)=NN1C. The molecule has 152 valence electrons. The Balaban J connectivity index is 1.93. The van der Waals surface area contributed by atoms with Crippen molar-refractivity contribution in [1.29, 1.82) is 0 Å². The van der Waals surface area contributed by atoms with Gasteiger partial charge in [-0.3, -0.25) is 5.01 Å². The van der Waals surface area contributed by atoms with Crippen LogP contribution in [-0.4, -0.2) is 30.8 Å². The van der Waals surface area contributed by atoms with E-state index < -0.39 is 5.54 Å². The molecule has 0 spiro atoms. The number of fused-ring (bicyclic) bond motifs is 1. The van der Waals surface area contributed by atoms with Gasteiger partial charge in [0.05, 0.1) is 12.8 Å². The number of hydrogen-bond donors (Lipinski definition) is 0. The molecule has 3 atom stereocenters. The highest BCUT2D eigenvalue weighted by Crippen LogP contribution is 2.49. The molecule has 0 amide bonds. The summed E-state index contributed by atoms with van der Waals surface area (Å²) >= 11 is 0. The highest BCUT2D eigenvalue weighted by Gasteiger charge is 2.57. The zero-order valence-electron chi connectivity index (χ0n) is 17.4. The molecule has 4 rings (SSSR count). The molecule has 2 aromatic carbocycles. The summed E-state index contributed by atoms with van der Waals surface area (Å²) in [6.07, 6.45) is 6.81. The number of hydrogen-bond acceptors (Lipinski definition) is 4. The average Bonchev–Trinajstić information content (AvgIpc) is 2.75. The van der Waals surface area contributed by atoms with E-state index in [1.165, 1.54) is 26.4 Å². The van der Waals surface area contributed by atoms with Gasteiger partial charge in [-0.15, -0.1) is 0 Å². The van der Waals surface area contributed by atoms with Crippen LogP contribution in [-0.2, 0) is 15.1 Å². The van der Waals surface area contributed by atoms with Gasteiger partial charge in [0.25, 0.3) is 0 Å². The monoisotopic (exact) mass is 390 g/mol. The number of carbonyl (C=O) groups is 1. The molecule has 29 heavy (non-hydrogen) atoms. The fraction of sp³-hybridized carbons (Fsp3) is 0.440. The third kappa shape index (κ3) is 3.35. The highest BCUT2D eigenvalue weighted by atomic mass is 16.5. The Labute approximate surface area is 173 Å². The molecule has 1 saturated carbocycles. The van der Waals surface area contributed by atoms with E-state index in [0.29, 0.717) is 0 Å². The number of ether oxygens (including phenoxy) is 1. The van der Waals surface area contributed by atoms with Gasteiger partial charge in [0.1, 0.15) is 0 Å². The lowest BCUT2D eigenvalue weighted by atomic mass is 9.64. The minimum atomic E-state index is -0.893. The van der Waals surface area contributed by atoms with Crippen LogP contribution in [0.1, 0.15) is 49.7 Å². The van der Waals surface area contributed by atoms with E-state index in [-0.39, 0.29) is 17.8 Å². The van der Waals surface area contributed by atoms with Crippen molar-refractivity contribution in [3.8, 4) is 0 Å². The van der Waals surface area contributed by atoms with Gasteiger partial charge < -0.3 is 4.74 Å². The molecular formula is C25H30N2O2. The molecule has 0 N–H and O–H groups in total. The van der Waals surface area contributed by atoms with Crippen LogP contribution in [0.2, 0.25) is 0 Å². The first-order valence-electron chi connectivity index (χ1n) is 10.7. The zero-order valence-corrected chi connectivity index (χ0v) is 17.4. The molecule has 0 unspecified atom stereocenters. The molecule has 2 aromatic rings. The van der Waals surface area contributed by atoms with Gasteiger partial charge in [0.15, 0.2) is 5.54 Å². The Morgan fingerprint density at radius 3 is 2.24 bits per heavy atom. The van der Waals surface area contributed by atoms with Gasteiger partial charge in [0.2, 0.25) is 0 Å². The smallest absolute Gasteiger partial charge is 0.338 e. The molecule has 1 fully saturated rings. The van der Waals surface area contributed by atoms with E-state index in [0.717, 1.165) is 36.1 Å². The fourth-order valence-corrected chi connectivity index (χ4v) is 5.40. The minimum Gasteiger partial charge on any atom is -0.467 e. The summed E-state index contributed by atoms with van der Waals surface area (Å²) in [4.78, 5) is 13.5. The largest absolute Gasteiger partial charge is 0.467 e. The number of methoxy groups -OCH3 is 1. The number of carbonyl (C=O) groups excluding carboxylic acids is 1. The first kappa shape index (κ1) is 19.7. The normalized spacial score (nSPS) is 27.2. The maximum Gasteiger partial charge on any atom is 0.338 e. The minimum absolute atomic E-state index is 0.121. The molecule has 0 bridgehead atoms.